The van der Waals surface area contributed by atoms with E-state index in [4.69, 9.17) is 0 Å². The highest BCUT2D eigenvalue weighted by atomic mass is 16.2. The van der Waals surface area contributed by atoms with E-state index in [0.29, 0.717) is 11.8 Å². The van der Waals surface area contributed by atoms with Gasteiger partial charge < -0.3 is 9.80 Å². The summed E-state index contributed by atoms with van der Waals surface area (Å²) < 4.78 is 0. The Morgan fingerprint density at radius 2 is 1.67 bits per heavy atom. The fraction of sp³-hybridized carbons (Fsp3) is 0.667. The smallest absolute Gasteiger partial charge is 0.223 e. The van der Waals surface area contributed by atoms with Gasteiger partial charge in [-0.1, -0.05) is 37.1 Å². The summed E-state index contributed by atoms with van der Waals surface area (Å²) in [6.07, 6.45) is 9.84. The molecular formula is C21H30N2O. The lowest BCUT2D eigenvalue weighted by atomic mass is 9.91. The summed E-state index contributed by atoms with van der Waals surface area (Å²) in [5, 5.41) is 0. The number of hydrogen-bond acceptors (Lipinski definition) is 2. The Labute approximate surface area is 146 Å². The Balaban J connectivity index is 1.27. The standard InChI is InChI=1S/C21H30N2O/c24-21(23-14-11-18-5-1-2-6-19(18)16-23)15-17-9-12-22(13-10-17)20-7-3-4-8-20/h1-2,5-6,17,20H,3-4,7-16H2. The maximum Gasteiger partial charge on any atom is 0.223 e. The number of benzene rings is 1. The first-order chi connectivity index (χ1) is 11.8. The molecule has 130 valence electrons. The second-order valence-electron chi connectivity index (χ2n) is 7.96. The van der Waals surface area contributed by atoms with Crippen molar-refractivity contribution in [3.05, 3.63) is 35.4 Å². The van der Waals surface area contributed by atoms with Gasteiger partial charge in [0.1, 0.15) is 0 Å². The number of amides is 1. The van der Waals surface area contributed by atoms with Gasteiger partial charge in [-0.25, -0.2) is 0 Å². The van der Waals surface area contributed by atoms with E-state index in [1.54, 1.807) is 0 Å². The number of hydrogen-bond donors (Lipinski definition) is 0. The van der Waals surface area contributed by atoms with E-state index >= 15 is 0 Å². The minimum atomic E-state index is 0.379. The number of fused-ring (bicyclic) bond motifs is 1. The van der Waals surface area contributed by atoms with Crippen molar-refractivity contribution >= 4 is 5.91 Å². The second kappa shape index (κ2) is 7.26. The van der Waals surface area contributed by atoms with Crippen LogP contribution in [0.1, 0.15) is 56.1 Å². The molecule has 1 amide bonds. The van der Waals surface area contributed by atoms with Gasteiger partial charge >= 0.3 is 0 Å². The third-order valence-corrected chi connectivity index (χ3v) is 6.44. The van der Waals surface area contributed by atoms with Crippen LogP contribution in [0.4, 0.5) is 0 Å². The normalized spacial score (nSPS) is 23.4. The zero-order valence-electron chi connectivity index (χ0n) is 14.8. The average Bonchev–Trinajstić information content (AvgIpc) is 3.16. The molecule has 3 aliphatic rings. The van der Waals surface area contributed by atoms with Crippen molar-refractivity contribution < 1.29 is 4.79 Å². The van der Waals surface area contributed by atoms with Gasteiger partial charge in [-0.2, -0.15) is 0 Å². The molecule has 1 aromatic carbocycles. The molecule has 1 aromatic rings. The van der Waals surface area contributed by atoms with E-state index < -0.39 is 0 Å². The number of piperidine rings is 1. The van der Waals surface area contributed by atoms with E-state index in [1.165, 1.54) is 62.7 Å². The van der Waals surface area contributed by atoms with Crippen LogP contribution in [0.2, 0.25) is 0 Å². The van der Waals surface area contributed by atoms with Gasteiger partial charge in [0, 0.05) is 25.6 Å². The van der Waals surface area contributed by atoms with Crippen LogP contribution in [0.3, 0.4) is 0 Å². The van der Waals surface area contributed by atoms with Crippen molar-refractivity contribution in [2.75, 3.05) is 19.6 Å². The molecule has 0 atom stereocenters. The monoisotopic (exact) mass is 326 g/mol. The van der Waals surface area contributed by atoms with Gasteiger partial charge in [-0.15, -0.1) is 0 Å². The summed E-state index contributed by atoms with van der Waals surface area (Å²) in [7, 11) is 0. The largest absolute Gasteiger partial charge is 0.338 e. The Morgan fingerprint density at radius 3 is 2.42 bits per heavy atom. The van der Waals surface area contributed by atoms with Crippen LogP contribution in [-0.4, -0.2) is 41.4 Å². The van der Waals surface area contributed by atoms with Crippen LogP contribution in [0, 0.1) is 5.92 Å². The molecule has 0 unspecified atom stereocenters. The van der Waals surface area contributed by atoms with Crippen molar-refractivity contribution in [3.63, 3.8) is 0 Å². The van der Waals surface area contributed by atoms with Crippen LogP contribution in [-0.2, 0) is 17.8 Å². The minimum absolute atomic E-state index is 0.379. The Bertz CT molecular complexity index is 571. The highest BCUT2D eigenvalue weighted by molar-refractivity contribution is 5.76. The summed E-state index contributed by atoms with van der Waals surface area (Å²) in [4.78, 5) is 17.5. The number of likely N-dealkylation sites (tertiary alicyclic amines) is 1. The molecule has 0 radical (unpaired) electrons. The van der Waals surface area contributed by atoms with Crippen molar-refractivity contribution in [2.45, 2.75) is 64.0 Å². The first kappa shape index (κ1) is 16.1. The van der Waals surface area contributed by atoms with E-state index in [0.717, 1.165) is 32.0 Å². The fourth-order valence-corrected chi connectivity index (χ4v) is 4.88. The summed E-state index contributed by atoms with van der Waals surface area (Å²) in [6, 6.07) is 9.42. The topological polar surface area (TPSA) is 23.6 Å². The molecule has 0 spiro atoms. The SMILES string of the molecule is O=C(CC1CCN(C2CCCC2)CC1)N1CCc2ccccc2C1. The van der Waals surface area contributed by atoms with E-state index in [1.807, 2.05) is 0 Å². The zero-order valence-corrected chi connectivity index (χ0v) is 14.8. The van der Waals surface area contributed by atoms with Gasteiger partial charge in [0.25, 0.3) is 0 Å². The molecule has 3 heteroatoms. The molecule has 4 rings (SSSR count). The number of carbonyl (C=O) groups is 1. The molecule has 1 saturated carbocycles. The van der Waals surface area contributed by atoms with Gasteiger partial charge in [0.05, 0.1) is 0 Å². The quantitative estimate of drug-likeness (QED) is 0.847. The molecule has 0 aromatic heterocycles. The van der Waals surface area contributed by atoms with Gasteiger partial charge in [-0.05, 0) is 62.2 Å². The molecule has 2 fully saturated rings. The van der Waals surface area contributed by atoms with E-state index in [2.05, 4.69) is 34.1 Å². The van der Waals surface area contributed by atoms with E-state index in [-0.39, 0.29) is 0 Å². The zero-order chi connectivity index (χ0) is 16.4. The Morgan fingerprint density at radius 1 is 0.958 bits per heavy atom. The first-order valence-electron chi connectivity index (χ1n) is 9.88. The average molecular weight is 326 g/mol. The molecule has 24 heavy (non-hydrogen) atoms. The van der Waals surface area contributed by atoms with Gasteiger partial charge in [-0.3, -0.25) is 4.79 Å². The summed E-state index contributed by atoms with van der Waals surface area (Å²) in [5.74, 6) is 0.983. The fourth-order valence-electron chi connectivity index (χ4n) is 4.88. The van der Waals surface area contributed by atoms with Crippen LogP contribution < -0.4 is 0 Å². The van der Waals surface area contributed by atoms with Crippen LogP contribution in [0.5, 0.6) is 0 Å². The predicted molar refractivity (Wildman–Crippen MR) is 96.7 cm³/mol. The Hall–Kier alpha value is -1.35. The number of rotatable bonds is 3. The molecule has 1 aliphatic carbocycles. The lowest BCUT2D eigenvalue weighted by Crippen LogP contribution is -2.42. The Kier molecular flexibility index (Phi) is 4.88. The highest BCUT2D eigenvalue weighted by Crippen LogP contribution is 2.29. The second-order valence-corrected chi connectivity index (χ2v) is 7.96. The van der Waals surface area contributed by atoms with Crippen molar-refractivity contribution in [1.29, 1.82) is 0 Å². The third-order valence-electron chi connectivity index (χ3n) is 6.44. The van der Waals surface area contributed by atoms with Crippen molar-refractivity contribution in [3.8, 4) is 0 Å². The lowest BCUT2D eigenvalue weighted by molar-refractivity contribution is -0.133. The van der Waals surface area contributed by atoms with Crippen LogP contribution in [0.15, 0.2) is 24.3 Å². The van der Waals surface area contributed by atoms with Gasteiger partial charge in [0.2, 0.25) is 5.91 Å². The number of nitrogens with zero attached hydrogens (tertiary/aromatic N) is 2. The van der Waals surface area contributed by atoms with Gasteiger partial charge in [0.15, 0.2) is 0 Å². The predicted octanol–water partition coefficient (Wildman–Crippen LogP) is 3.62. The summed E-state index contributed by atoms with van der Waals surface area (Å²) in [6.45, 7) is 4.14. The molecule has 1 saturated heterocycles. The molecule has 0 bridgehead atoms. The lowest BCUT2D eigenvalue weighted by Gasteiger charge is -2.37. The summed E-state index contributed by atoms with van der Waals surface area (Å²) >= 11 is 0. The first-order valence-corrected chi connectivity index (χ1v) is 9.88. The maximum atomic E-state index is 12.7. The molecule has 3 nitrogen and oxygen atoms in total. The van der Waals surface area contributed by atoms with Crippen molar-refractivity contribution in [1.82, 2.24) is 9.80 Å². The number of carbonyl (C=O) groups excluding carboxylic acids is 1. The van der Waals surface area contributed by atoms with Crippen LogP contribution in [0.25, 0.3) is 0 Å². The van der Waals surface area contributed by atoms with Crippen molar-refractivity contribution in [2.24, 2.45) is 5.92 Å². The van der Waals surface area contributed by atoms with Crippen LogP contribution >= 0.6 is 0 Å². The van der Waals surface area contributed by atoms with E-state index in [9.17, 15) is 4.79 Å². The third kappa shape index (κ3) is 3.51. The molecule has 2 heterocycles. The molecular weight excluding hydrogens is 296 g/mol. The molecule has 2 aliphatic heterocycles. The summed E-state index contributed by atoms with van der Waals surface area (Å²) in [5.41, 5.74) is 2.76. The minimum Gasteiger partial charge on any atom is -0.338 e. The maximum absolute atomic E-state index is 12.7. The highest BCUT2D eigenvalue weighted by Gasteiger charge is 2.29. The molecule has 0 N–H and O–H groups in total.